The van der Waals surface area contributed by atoms with E-state index < -0.39 is 0 Å². The molecule has 0 amide bonds. The summed E-state index contributed by atoms with van der Waals surface area (Å²) < 4.78 is 6.34. The Labute approximate surface area is 105 Å². The number of rotatable bonds is 7. The second kappa shape index (κ2) is 7.57. The largest absolute Gasteiger partial charge is 0.379 e. The van der Waals surface area contributed by atoms with E-state index in [0.29, 0.717) is 12.1 Å². The lowest BCUT2D eigenvalue weighted by Crippen LogP contribution is -2.08. The van der Waals surface area contributed by atoms with Crippen LogP contribution in [0.1, 0.15) is 26.7 Å². The van der Waals surface area contributed by atoms with E-state index in [1.807, 2.05) is 13.8 Å². The van der Waals surface area contributed by atoms with Gasteiger partial charge in [-0.25, -0.2) is 9.97 Å². The van der Waals surface area contributed by atoms with Gasteiger partial charge in [0, 0.05) is 25.5 Å². The fourth-order valence-corrected chi connectivity index (χ4v) is 1.35. The van der Waals surface area contributed by atoms with Crippen molar-refractivity contribution in [2.75, 3.05) is 18.5 Å². The number of hydrogen-bond acceptors (Lipinski definition) is 4. The Balaban J connectivity index is 2.05. The van der Waals surface area contributed by atoms with Crippen LogP contribution in [0.25, 0.3) is 0 Å². The Hall–Kier alpha value is -0.680. The van der Waals surface area contributed by atoms with Crippen molar-refractivity contribution in [2.45, 2.75) is 32.8 Å². The Morgan fingerprint density at radius 3 is 2.62 bits per heavy atom. The Bertz CT molecular complexity index is 290. The fraction of sp³-hybridized carbons (Fsp3) is 0.636. The fourth-order valence-electron chi connectivity index (χ4n) is 1.15. The monoisotopic (exact) mass is 287 g/mol. The van der Waals surface area contributed by atoms with Crippen molar-refractivity contribution in [1.82, 2.24) is 9.97 Å². The zero-order valence-electron chi connectivity index (χ0n) is 9.74. The zero-order chi connectivity index (χ0) is 11.8. The summed E-state index contributed by atoms with van der Waals surface area (Å²) in [6.45, 7) is 5.80. The Morgan fingerprint density at radius 1 is 1.31 bits per heavy atom. The lowest BCUT2D eigenvalue weighted by Gasteiger charge is -2.07. The third-order valence-electron chi connectivity index (χ3n) is 1.93. The van der Waals surface area contributed by atoms with Crippen molar-refractivity contribution >= 4 is 21.9 Å². The maximum Gasteiger partial charge on any atom is 0.222 e. The van der Waals surface area contributed by atoms with E-state index in [1.165, 1.54) is 0 Å². The molecule has 0 radical (unpaired) electrons. The van der Waals surface area contributed by atoms with E-state index in [9.17, 15) is 0 Å². The van der Waals surface area contributed by atoms with Crippen molar-refractivity contribution in [3.8, 4) is 0 Å². The average molecular weight is 288 g/mol. The standard InChI is InChI=1S/C11H18BrN3O/c1-9(2)16-6-4-3-5-13-11-14-7-10(12)8-15-11/h7-9H,3-6H2,1-2H3,(H,13,14,15). The van der Waals surface area contributed by atoms with E-state index >= 15 is 0 Å². The van der Waals surface area contributed by atoms with Gasteiger partial charge in [-0.05, 0) is 42.6 Å². The summed E-state index contributed by atoms with van der Waals surface area (Å²) in [6.07, 6.45) is 5.91. The van der Waals surface area contributed by atoms with Crippen LogP contribution in [0.5, 0.6) is 0 Å². The summed E-state index contributed by atoms with van der Waals surface area (Å²) in [7, 11) is 0. The van der Waals surface area contributed by atoms with Crippen LogP contribution >= 0.6 is 15.9 Å². The minimum Gasteiger partial charge on any atom is -0.379 e. The van der Waals surface area contributed by atoms with Gasteiger partial charge in [-0.15, -0.1) is 0 Å². The second-order valence-electron chi connectivity index (χ2n) is 3.78. The first-order valence-electron chi connectivity index (χ1n) is 5.51. The predicted molar refractivity (Wildman–Crippen MR) is 68.5 cm³/mol. The maximum atomic E-state index is 5.44. The lowest BCUT2D eigenvalue weighted by atomic mass is 10.3. The molecule has 0 aliphatic carbocycles. The molecule has 0 bridgehead atoms. The van der Waals surface area contributed by atoms with E-state index in [1.54, 1.807) is 12.4 Å². The maximum absolute atomic E-state index is 5.44. The van der Waals surface area contributed by atoms with Crippen molar-refractivity contribution < 1.29 is 4.74 Å². The number of aromatic nitrogens is 2. The number of anilines is 1. The minimum atomic E-state index is 0.322. The molecule has 0 aliphatic heterocycles. The number of nitrogens with zero attached hydrogens (tertiary/aromatic N) is 2. The van der Waals surface area contributed by atoms with Gasteiger partial charge in [0.2, 0.25) is 5.95 Å². The molecule has 5 heteroatoms. The van der Waals surface area contributed by atoms with Gasteiger partial charge in [0.1, 0.15) is 0 Å². The van der Waals surface area contributed by atoms with E-state index in [0.717, 1.165) is 30.5 Å². The molecule has 4 nitrogen and oxygen atoms in total. The SMILES string of the molecule is CC(C)OCCCCNc1ncc(Br)cn1. The molecule has 0 spiro atoms. The summed E-state index contributed by atoms with van der Waals surface area (Å²) in [5.74, 6) is 0.674. The van der Waals surface area contributed by atoms with Gasteiger partial charge in [-0.3, -0.25) is 0 Å². The van der Waals surface area contributed by atoms with E-state index in [-0.39, 0.29) is 0 Å². The molecule has 1 aromatic rings. The van der Waals surface area contributed by atoms with Gasteiger partial charge < -0.3 is 10.1 Å². The minimum absolute atomic E-state index is 0.322. The van der Waals surface area contributed by atoms with E-state index in [4.69, 9.17) is 4.74 Å². The summed E-state index contributed by atoms with van der Waals surface area (Å²) in [5.41, 5.74) is 0. The van der Waals surface area contributed by atoms with Gasteiger partial charge in [-0.2, -0.15) is 0 Å². The number of nitrogens with one attached hydrogen (secondary N) is 1. The van der Waals surface area contributed by atoms with Gasteiger partial charge >= 0.3 is 0 Å². The molecule has 0 fully saturated rings. The molecule has 0 unspecified atom stereocenters. The summed E-state index contributed by atoms with van der Waals surface area (Å²) in [5, 5.41) is 3.16. The number of hydrogen-bond donors (Lipinski definition) is 1. The number of ether oxygens (including phenoxy) is 1. The van der Waals surface area contributed by atoms with Crippen LogP contribution in [0.3, 0.4) is 0 Å². The van der Waals surface area contributed by atoms with E-state index in [2.05, 4.69) is 31.2 Å². The molecular formula is C11H18BrN3O. The van der Waals surface area contributed by atoms with Gasteiger partial charge in [0.05, 0.1) is 10.6 Å². The molecular weight excluding hydrogens is 270 g/mol. The van der Waals surface area contributed by atoms with Crippen LogP contribution in [0.4, 0.5) is 5.95 Å². The lowest BCUT2D eigenvalue weighted by molar-refractivity contribution is 0.0765. The molecule has 16 heavy (non-hydrogen) atoms. The summed E-state index contributed by atoms with van der Waals surface area (Å²) in [4.78, 5) is 8.25. The highest BCUT2D eigenvalue weighted by molar-refractivity contribution is 9.10. The highest BCUT2D eigenvalue weighted by Crippen LogP contribution is 2.06. The molecule has 1 heterocycles. The van der Waals surface area contributed by atoms with Crippen molar-refractivity contribution in [1.29, 1.82) is 0 Å². The molecule has 0 saturated heterocycles. The Morgan fingerprint density at radius 2 is 2.00 bits per heavy atom. The molecule has 90 valence electrons. The highest BCUT2D eigenvalue weighted by Gasteiger charge is 1.96. The first kappa shape index (κ1) is 13.4. The van der Waals surface area contributed by atoms with Crippen molar-refractivity contribution in [3.63, 3.8) is 0 Å². The molecule has 1 aromatic heterocycles. The smallest absolute Gasteiger partial charge is 0.222 e. The molecule has 1 N–H and O–H groups in total. The second-order valence-corrected chi connectivity index (χ2v) is 4.69. The topological polar surface area (TPSA) is 47.0 Å². The van der Waals surface area contributed by atoms with Crippen LogP contribution < -0.4 is 5.32 Å². The van der Waals surface area contributed by atoms with Gasteiger partial charge in [0.15, 0.2) is 0 Å². The average Bonchev–Trinajstić information content (AvgIpc) is 2.25. The number of unbranched alkanes of at least 4 members (excludes halogenated alkanes) is 1. The zero-order valence-corrected chi connectivity index (χ0v) is 11.3. The summed E-state index contributed by atoms with van der Waals surface area (Å²) >= 11 is 3.29. The normalized spacial score (nSPS) is 10.8. The van der Waals surface area contributed by atoms with Crippen LogP contribution in [-0.4, -0.2) is 29.2 Å². The van der Waals surface area contributed by atoms with Gasteiger partial charge in [-0.1, -0.05) is 0 Å². The first-order valence-corrected chi connectivity index (χ1v) is 6.31. The van der Waals surface area contributed by atoms with Crippen LogP contribution in [-0.2, 0) is 4.74 Å². The van der Waals surface area contributed by atoms with Gasteiger partial charge in [0.25, 0.3) is 0 Å². The quantitative estimate of drug-likeness (QED) is 0.784. The molecule has 0 saturated carbocycles. The summed E-state index contributed by atoms with van der Waals surface area (Å²) in [6, 6.07) is 0. The highest BCUT2D eigenvalue weighted by atomic mass is 79.9. The molecule has 0 atom stereocenters. The van der Waals surface area contributed by atoms with Crippen molar-refractivity contribution in [3.05, 3.63) is 16.9 Å². The van der Waals surface area contributed by atoms with Crippen molar-refractivity contribution in [2.24, 2.45) is 0 Å². The molecule has 1 rings (SSSR count). The third-order valence-corrected chi connectivity index (χ3v) is 2.34. The first-order chi connectivity index (χ1) is 7.68. The predicted octanol–water partition coefficient (Wildman–Crippen LogP) is 2.86. The molecule has 0 aromatic carbocycles. The van der Waals surface area contributed by atoms with Crippen LogP contribution in [0.15, 0.2) is 16.9 Å². The Kier molecular flexibility index (Phi) is 6.33. The molecule has 0 aliphatic rings. The van der Waals surface area contributed by atoms with Crippen LogP contribution in [0.2, 0.25) is 0 Å². The third kappa shape index (κ3) is 6.02. The number of halogens is 1. The van der Waals surface area contributed by atoms with Crippen LogP contribution in [0, 0.1) is 0 Å².